The SMILES string of the molecule is CCCOc1ccc(C(=O)NC(=S)NCc2ccc(-c3nn4c(CC)nnc4s3)cc2)cc1. The molecule has 0 fully saturated rings. The van der Waals surface area contributed by atoms with E-state index in [1.54, 1.807) is 28.8 Å². The smallest absolute Gasteiger partial charge is 0.257 e. The van der Waals surface area contributed by atoms with Crippen molar-refractivity contribution in [2.24, 2.45) is 0 Å². The first-order valence-electron chi connectivity index (χ1n) is 10.7. The van der Waals surface area contributed by atoms with Crippen molar-refractivity contribution in [3.63, 3.8) is 0 Å². The Morgan fingerprint density at radius 3 is 2.55 bits per heavy atom. The van der Waals surface area contributed by atoms with Crippen LogP contribution in [0, 0.1) is 0 Å². The Kier molecular flexibility index (Phi) is 7.26. The summed E-state index contributed by atoms with van der Waals surface area (Å²) in [6, 6.07) is 15.0. The molecule has 8 nitrogen and oxygen atoms in total. The summed E-state index contributed by atoms with van der Waals surface area (Å²) in [5, 5.41) is 19.8. The summed E-state index contributed by atoms with van der Waals surface area (Å²) in [6.45, 7) is 5.22. The van der Waals surface area contributed by atoms with Crippen LogP contribution in [0.25, 0.3) is 15.5 Å². The second kappa shape index (κ2) is 10.5. The molecule has 0 spiro atoms. The molecule has 1 amide bonds. The number of aryl methyl sites for hydroxylation is 1. The quantitative estimate of drug-likeness (QED) is 0.368. The van der Waals surface area contributed by atoms with Gasteiger partial charge in [-0.3, -0.25) is 10.1 Å². The highest BCUT2D eigenvalue weighted by Gasteiger charge is 2.12. The van der Waals surface area contributed by atoms with Crippen molar-refractivity contribution in [3.8, 4) is 16.3 Å². The topological polar surface area (TPSA) is 93.4 Å². The average molecular weight is 481 g/mol. The van der Waals surface area contributed by atoms with Gasteiger partial charge < -0.3 is 10.1 Å². The summed E-state index contributed by atoms with van der Waals surface area (Å²) in [5.74, 6) is 1.33. The third-order valence-electron chi connectivity index (χ3n) is 4.84. The van der Waals surface area contributed by atoms with Crippen LogP contribution in [-0.4, -0.2) is 37.4 Å². The summed E-state index contributed by atoms with van der Waals surface area (Å²) in [6.07, 6.45) is 1.71. The monoisotopic (exact) mass is 480 g/mol. The van der Waals surface area contributed by atoms with Crippen molar-refractivity contribution in [1.29, 1.82) is 0 Å². The second-order valence-corrected chi connectivity index (χ2v) is 8.64. The molecule has 170 valence electrons. The van der Waals surface area contributed by atoms with E-state index in [0.717, 1.165) is 45.5 Å². The van der Waals surface area contributed by atoms with E-state index in [2.05, 4.69) is 25.9 Å². The number of nitrogens with one attached hydrogen (secondary N) is 2. The average Bonchev–Trinajstić information content (AvgIpc) is 3.43. The summed E-state index contributed by atoms with van der Waals surface area (Å²) in [5.41, 5.74) is 2.56. The minimum Gasteiger partial charge on any atom is -0.494 e. The fraction of sp³-hybridized carbons (Fsp3) is 0.261. The van der Waals surface area contributed by atoms with Gasteiger partial charge in [0.15, 0.2) is 10.9 Å². The highest BCUT2D eigenvalue weighted by molar-refractivity contribution is 7.80. The zero-order valence-electron chi connectivity index (χ0n) is 18.4. The van der Waals surface area contributed by atoms with E-state index < -0.39 is 0 Å². The molecular weight excluding hydrogens is 456 g/mol. The number of amides is 1. The van der Waals surface area contributed by atoms with Crippen LogP contribution in [0.3, 0.4) is 0 Å². The number of rotatable bonds is 8. The molecule has 0 aliphatic carbocycles. The van der Waals surface area contributed by atoms with E-state index in [4.69, 9.17) is 17.0 Å². The molecule has 0 aliphatic rings. The first kappa shape index (κ1) is 22.8. The molecule has 0 atom stereocenters. The summed E-state index contributed by atoms with van der Waals surface area (Å²) in [7, 11) is 0. The molecule has 0 saturated heterocycles. The molecule has 0 unspecified atom stereocenters. The Morgan fingerprint density at radius 2 is 1.85 bits per heavy atom. The second-order valence-electron chi connectivity index (χ2n) is 7.28. The van der Waals surface area contributed by atoms with Gasteiger partial charge in [-0.2, -0.15) is 9.61 Å². The molecule has 0 bridgehead atoms. The lowest BCUT2D eigenvalue weighted by Gasteiger charge is -2.10. The Labute approximate surface area is 201 Å². The molecule has 2 aromatic heterocycles. The molecule has 0 saturated carbocycles. The number of fused-ring (bicyclic) bond motifs is 1. The number of carbonyl (C=O) groups excluding carboxylic acids is 1. The van der Waals surface area contributed by atoms with E-state index in [1.807, 2.05) is 38.1 Å². The van der Waals surface area contributed by atoms with Gasteiger partial charge in [-0.15, -0.1) is 10.2 Å². The first-order valence-corrected chi connectivity index (χ1v) is 11.9. The number of hydrogen-bond donors (Lipinski definition) is 2. The van der Waals surface area contributed by atoms with Crippen molar-refractivity contribution in [2.75, 3.05) is 6.61 Å². The third kappa shape index (κ3) is 5.52. The molecule has 10 heteroatoms. The molecule has 2 aromatic carbocycles. The number of hydrogen-bond acceptors (Lipinski definition) is 7. The lowest BCUT2D eigenvalue weighted by molar-refractivity contribution is 0.0976. The van der Waals surface area contributed by atoms with Crippen LogP contribution in [0.4, 0.5) is 0 Å². The summed E-state index contributed by atoms with van der Waals surface area (Å²) < 4.78 is 7.33. The molecule has 2 heterocycles. The van der Waals surface area contributed by atoms with Gasteiger partial charge >= 0.3 is 0 Å². The van der Waals surface area contributed by atoms with Crippen LogP contribution in [0.2, 0.25) is 0 Å². The molecule has 0 radical (unpaired) electrons. The number of benzene rings is 2. The van der Waals surface area contributed by atoms with Gasteiger partial charge in [0.05, 0.1) is 6.61 Å². The Balaban J connectivity index is 1.30. The van der Waals surface area contributed by atoms with Gasteiger partial charge in [0.25, 0.3) is 5.91 Å². The van der Waals surface area contributed by atoms with Gasteiger partial charge in [-0.1, -0.05) is 49.4 Å². The van der Waals surface area contributed by atoms with Crippen LogP contribution < -0.4 is 15.4 Å². The maximum atomic E-state index is 12.4. The zero-order chi connectivity index (χ0) is 23.2. The van der Waals surface area contributed by atoms with Gasteiger partial charge in [0.1, 0.15) is 10.8 Å². The van der Waals surface area contributed by atoms with E-state index in [0.29, 0.717) is 18.7 Å². The van der Waals surface area contributed by atoms with Crippen LogP contribution in [0.5, 0.6) is 5.75 Å². The third-order valence-corrected chi connectivity index (χ3v) is 6.04. The van der Waals surface area contributed by atoms with Crippen molar-refractivity contribution in [1.82, 2.24) is 30.4 Å². The highest BCUT2D eigenvalue weighted by atomic mass is 32.1. The minimum atomic E-state index is -0.264. The molecule has 33 heavy (non-hydrogen) atoms. The molecule has 4 rings (SSSR count). The standard InChI is InChI=1S/C23H24N6O2S2/c1-3-13-31-18-11-9-16(10-12-18)20(30)25-22(32)24-14-15-5-7-17(8-6-15)21-28-29-19(4-2)26-27-23(29)33-21/h5-12H,3-4,13-14H2,1-2H3,(H2,24,25,30,32). The normalized spacial score (nSPS) is 10.8. The number of nitrogens with zero attached hydrogens (tertiary/aromatic N) is 4. The number of thiocarbonyl (C=S) groups is 1. The van der Waals surface area contributed by atoms with E-state index in [1.165, 1.54) is 11.3 Å². The maximum Gasteiger partial charge on any atom is 0.257 e. The molecular formula is C23H24N6O2S2. The largest absolute Gasteiger partial charge is 0.494 e. The predicted octanol–water partition coefficient (Wildman–Crippen LogP) is 4.01. The van der Waals surface area contributed by atoms with Gasteiger partial charge in [-0.25, -0.2) is 0 Å². The number of aromatic nitrogens is 4. The van der Waals surface area contributed by atoms with Crippen molar-refractivity contribution in [3.05, 3.63) is 65.5 Å². The number of carbonyl (C=O) groups is 1. The Hall–Kier alpha value is -3.37. The number of ether oxygens (including phenoxy) is 1. The summed E-state index contributed by atoms with van der Waals surface area (Å²) >= 11 is 6.78. The van der Waals surface area contributed by atoms with Gasteiger partial charge in [0, 0.05) is 24.1 Å². The minimum absolute atomic E-state index is 0.264. The van der Waals surface area contributed by atoms with Gasteiger partial charge in [-0.05, 0) is 48.5 Å². The highest BCUT2D eigenvalue weighted by Crippen LogP contribution is 2.25. The van der Waals surface area contributed by atoms with Crippen LogP contribution in [0.15, 0.2) is 48.5 Å². The van der Waals surface area contributed by atoms with Gasteiger partial charge in [0.2, 0.25) is 4.96 Å². The molecule has 4 aromatic rings. The molecule has 0 aliphatic heterocycles. The first-order chi connectivity index (χ1) is 16.1. The van der Waals surface area contributed by atoms with E-state index in [-0.39, 0.29) is 11.0 Å². The predicted molar refractivity (Wildman–Crippen MR) is 133 cm³/mol. The fourth-order valence-electron chi connectivity index (χ4n) is 3.08. The fourth-order valence-corrected chi connectivity index (χ4v) is 4.11. The van der Waals surface area contributed by atoms with Crippen LogP contribution >= 0.6 is 23.6 Å². The van der Waals surface area contributed by atoms with E-state index in [9.17, 15) is 4.79 Å². The lowest BCUT2D eigenvalue weighted by Crippen LogP contribution is -2.38. The summed E-state index contributed by atoms with van der Waals surface area (Å²) in [4.78, 5) is 13.2. The maximum absolute atomic E-state index is 12.4. The Bertz CT molecular complexity index is 1250. The van der Waals surface area contributed by atoms with E-state index >= 15 is 0 Å². The van der Waals surface area contributed by atoms with Crippen molar-refractivity contribution >= 4 is 39.5 Å². The van der Waals surface area contributed by atoms with Crippen LogP contribution in [-0.2, 0) is 13.0 Å². The lowest BCUT2D eigenvalue weighted by atomic mass is 10.1. The van der Waals surface area contributed by atoms with Crippen molar-refractivity contribution < 1.29 is 9.53 Å². The zero-order valence-corrected chi connectivity index (χ0v) is 20.0. The Morgan fingerprint density at radius 1 is 1.09 bits per heavy atom. The molecule has 2 N–H and O–H groups in total. The van der Waals surface area contributed by atoms with Crippen molar-refractivity contribution in [2.45, 2.75) is 33.2 Å². The van der Waals surface area contributed by atoms with Crippen LogP contribution in [0.1, 0.15) is 42.0 Å².